The third kappa shape index (κ3) is 3.00. The quantitative estimate of drug-likeness (QED) is 0.851. The molecule has 2 N–H and O–H groups in total. The number of hydrogen-bond acceptors (Lipinski definition) is 5. The Bertz CT molecular complexity index is 587. The first-order chi connectivity index (χ1) is 9.08. The van der Waals surface area contributed by atoms with E-state index in [1.54, 1.807) is 0 Å². The van der Waals surface area contributed by atoms with Crippen molar-refractivity contribution >= 4 is 11.8 Å². The maximum atomic E-state index is 12.3. The lowest BCUT2D eigenvalue weighted by molar-refractivity contribution is 0.0562. The number of halogens is 2. The number of carboxylic acid groups (broad SMARTS) is 1. The molecular formula is C10H9F2N5O2. The van der Waals surface area contributed by atoms with Gasteiger partial charge in [-0.2, -0.15) is 13.9 Å². The highest BCUT2D eigenvalue weighted by Crippen LogP contribution is 2.12. The van der Waals surface area contributed by atoms with E-state index >= 15 is 0 Å². The zero-order chi connectivity index (χ0) is 13.8. The normalized spacial score (nSPS) is 10.7. The number of nitrogens with zero attached hydrogens (tertiary/aromatic N) is 4. The Morgan fingerprint density at radius 2 is 2.16 bits per heavy atom. The fourth-order valence-corrected chi connectivity index (χ4v) is 1.38. The molecule has 0 aliphatic heterocycles. The summed E-state index contributed by atoms with van der Waals surface area (Å²) in [4.78, 5) is 18.3. The molecule has 0 fully saturated rings. The zero-order valence-corrected chi connectivity index (χ0v) is 9.49. The van der Waals surface area contributed by atoms with Crippen LogP contribution in [0.4, 0.5) is 14.6 Å². The second-order valence-corrected chi connectivity index (χ2v) is 3.48. The summed E-state index contributed by atoms with van der Waals surface area (Å²) in [5.41, 5.74) is 0.0954. The van der Waals surface area contributed by atoms with Crippen LogP contribution >= 0.6 is 0 Å². The maximum Gasteiger partial charge on any atom is 0.358 e. The van der Waals surface area contributed by atoms with Gasteiger partial charge in [0.25, 0.3) is 0 Å². The molecular weight excluding hydrogens is 260 g/mol. The van der Waals surface area contributed by atoms with Crippen LogP contribution in [0.3, 0.4) is 0 Å². The Morgan fingerprint density at radius 3 is 2.79 bits per heavy atom. The lowest BCUT2D eigenvalue weighted by atomic mass is 10.3. The molecule has 0 radical (unpaired) electrons. The van der Waals surface area contributed by atoms with Crippen LogP contribution in [0, 0.1) is 0 Å². The number of aromatic carboxylic acids is 1. The molecule has 2 heterocycles. The van der Waals surface area contributed by atoms with Crippen molar-refractivity contribution in [2.75, 3.05) is 5.32 Å². The Balaban J connectivity index is 2.08. The van der Waals surface area contributed by atoms with Gasteiger partial charge in [-0.3, -0.25) is 0 Å². The fraction of sp³-hybridized carbons (Fsp3) is 0.200. The smallest absolute Gasteiger partial charge is 0.358 e. The molecule has 0 aliphatic carbocycles. The minimum absolute atomic E-state index is 0.0570. The molecule has 2 aromatic rings. The molecule has 0 bridgehead atoms. The van der Waals surface area contributed by atoms with Crippen LogP contribution in [-0.4, -0.2) is 30.8 Å². The monoisotopic (exact) mass is 269 g/mol. The molecule has 2 aromatic heterocycles. The highest BCUT2D eigenvalue weighted by Gasteiger charge is 2.13. The molecule has 0 spiro atoms. The van der Waals surface area contributed by atoms with E-state index in [1.165, 1.54) is 18.5 Å². The number of carboxylic acids is 1. The summed E-state index contributed by atoms with van der Waals surface area (Å²) in [5, 5.41) is 15.2. The van der Waals surface area contributed by atoms with E-state index in [0.717, 1.165) is 6.20 Å². The van der Waals surface area contributed by atoms with Crippen LogP contribution in [0.15, 0.2) is 24.7 Å². The van der Waals surface area contributed by atoms with Gasteiger partial charge in [-0.15, -0.1) is 0 Å². The van der Waals surface area contributed by atoms with Gasteiger partial charge >= 0.3 is 12.5 Å². The molecule has 19 heavy (non-hydrogen) atoms. The van der Waals surface area contributed by atoms with Gasteiger partial charge in [0.1, 0.15) is 0 Å². The van der Waals surface area contributed by atoms with Gasteiger partial charge in [0.2, 0.25) is 0 Å². The van der Waals surface area contributed by atoms with Gasteiger partial charge in [-0.05, 0) is 6.07 Å². The third-order valence-electron chi connectivity index (χ3n) is 2.20. The largest absolute Gasteiger partial charge is 0.476 e. The van der Waals surface area contributed by atoms with Crippen molar-refractivity contribution < 1.29 is 18.7 Å². The number of aromatic nitrogens is 4. The van der Waals surface area contributed by atoms with E-state index in [-0.39, 0.29) is 18.1 Å². The van der Waals surface area contributed by atoms with Crippen molar-refractivity contribution in [2.24, 2.45) is 0 Å². The number of nitrogens with one attached hydrogen (secondary N) is 1. The van der Waals surface area contributed by atoms with Gasteiger partial charge in [-0.1, -0.05) is 0 Å². The molecule has 0 atom stereocenters. The molecule has 0 amide bonds. The summed E-state index contributed by atoms with van der Waals surface area (Å²) >= 11 is 0. The van der Waals surface area contributed by atoms with Gasteiger partial charge in [0.05, 0.1) is 12.2 Å². The number of anilines is 1. The number of carbonyl (C=O) groups is 1. The first-order valence-corrected chi connectivity index (χ1v) is 5.18. The zero-order valence-electron chi connectivity index (χ0n) is 9.49. The van der Waals surface area contributed by atoms with Crippen LogP contribution in [0.25, 0.3) is 0 Å². The van der Waals surface area contributed by atoms with Crippen molar-refractivity contribution in [2.45, 2.75) is 13.1 Å². The standard InChI is InChI=1S/C10H9F2N5O2/c11-10(12)17-4-1-6(16-17)5-15-8-7(9(18)19)13-2-3-14-8/h1-4,10H,5H2,(H,14,15)(H,18,19). The molecule has 2 rings (SSSR count). The summed E-state index contributed by atoms with van der Waals surface area (Å²) in [7, 11) is 0. The number of rotatable bonds is 5. The van der Waals surface area contributed by atoms with E-state index in [0.29, 0.717) is 10.4 Å². The predicted octanol–water partition coefficient (Wildman–Crippen LogP) is 1.38. The van der Waals surface area contributed by atoms with Gasteiger partial charge in [0, 0.05) is 18.6 Å². The lowest BCUT2D eigenvalue weighted by Gasteiger charge is -2.05. The summed E-state index contributed by atoms with van der Waals surface area (Å²) in [5.74, 6) is -1.17. The molecule has 9 heteroatoms. The van der Waals surface area contributed by atoms with E-state index in [4.69, 9.17) is 5.11 Å². The molecule has 0 unspecified atom stereocenters. The van der Waals surface area contributed by atoms with E-state index in [1.807, 2.05) is 0 Å². The van der Waals surface area contributed by atoms with E-state index in [9.17, 15) is 13.6 Å². The third-order valence-corrected chi connectivity index (χ3v) is 2.20. The van der Waals surface area contributed by atoms with Gasteiger partial charge in [-0.25, -0.2) is 19.4 Å². The molecule has 100 valence electrons. The van der Waals surface area contributed by atoms with Crippen molar-refractivity contribution in [1.82, 2.24) is 19.7 Å². The van der Waals surface area contributed by atoms with E-state index in [2.05, 4.69) is 20.4 Å². The average Bonchev–Trinajstić information content (AvgIpc) is 2.85. The van der Waals surface area contributed by atoms with Crippen molar-refractivity contribution in [1.29, 1.82) is 0 Å². The fourth-order valence-electron chi connectivity index (χ4n) is 1.38. The lowest BCUT2D eigenvalue weighted by Crippen LogP contribution is -2.10. The van der Waals surface area contributed by atoms with E-state index < -0.39 is 12.5 Å². The molecule has 0 aliphatic rings. The van der Waals surface area contributed by atoms with Crippen LogP contribution in [-0.2, 0) is 6.54 Å². The minimum atomic E-state index is -2.71. The predicted molar refractivity (Wildman–Crippen MR) is 59.8 cm³/mol. The topological polar surface area (TPSA) is 92.9 Å². The van der Waals surface area contributed by atoms with Crippen LogP contribution in [0.2, 0.25) is 0 Å². The average molecular weight is 269 g/mol. The van der Waals surface area contributed by atoms with Crippen molar-refractivity contribution in [3.05, 3.63) is 36.0 Å². The second kappa shape index (κ2) is 5.38. The summed E-state index contributed by atoms with van der Waals surface area (Å²) in [6.45, 7) is -2.64. The van der Waals surface area contributed by atoms with Crippen molar-refractivity contribution in [3.8, 4) is 0 Å². The maximum absolute atomic E-state index is 12.3. The Kier molecular flexibility index (Phi) is 3.64. The summed E-state index contributed by atoms with van der Waals surface area (Å²) < 4.78 is 25.1. The van der Waals surface area contributed by atoms with Gasteiger partial charge in [0.15, 0.2) is 11.5 Å². The van der Waals surface area contributed by atoms with Gasteiger partial charge < -0.3 is 10.4 Å². The Labute approximate surface area is 105 Å². The number of alkyl halides is 2. The van der Waals surface area contributed by atoms with Crippen LogP contribution < -0.4 is 5.32 Å². The molecule has 7 nitrogen and oxygen atoms in total. The summed E-state index contributed by atoms with van der Waals surface area (Å²) in [6, 6.07) is 1.40. The molecule has 0 saturated heterocycles. The Morgan fingerprint density at radius 1 is 1.42 bits per heavy atom. The molecule has 0 saturated carbocycles. The first-order valence-electron chi connectivity index (χ1n) is 5.18. The van der Waals surface area contributed by atoms with Crippen LogP contribution in [0.1, 0.15) is 22.7 Å². The Hall–Kier alpha value is -2.58. The highest BCUT2D eigenvalue weighted by atomic mass is 19.3. The summed E-state index contributed by atoms with van der Waals surface area (Å²) in [6.07, 6.45) is 3.71. The number of hydrogen-bond donors (Lipinski definition) is 2. The van der Waals surface area contributed by atoms with Crippen LogP contribution in [0.5, 0.6) is 0 Å². The van der Waals surface area contributed by atoms with Crippen molar-refractivity contribution in [3.63, 3.8) is 0 Å². The minimum Gasteiger partial charge on any atom is -0.476 e. The highest BCUT2D eigenvalue weighted by molar-refractivity contribution is 5.90. The SMILES string of the molecule is O=C(O)c1nccnc1NCc1ccn(C(F)F)n1. The first kappa shape index (κ1) is 12.9. The second-order valence-electron chi connectivity index (χ2n) is 3.48. The molecule has 0 aromatic carbocycles.